The summed E-state index contributed by atoms with van der Waals surface area (Å²) in [4.78, 5) is 14.4. The first-order valence-corrected chi connectivity index (χ1v) is 8.63. The van der Waals surface area contributed by atoms with Gasteiger partial charge in [0.25, 0.3) is 0 Å². The molecule has 4 nitrogen and oxygen atoms in total. The summed E-state index contributed by atoms with van der Waals surface area (Å²) in [5, 5.41) is 12.7. The number of amides is 1. The van der Waals surface area contributed by atoms with E-state index in [4.69, 9.17) is 0 Å². The molecule has 0 bridgehead atoms. The van der Waals surface area contributed by atoms with Crippen molar-refractivity contribution in [2.24, 2.45) is 5.92 Å². The van der Waals surface area contributed by atoms with Gasteiger partial charge in [-0.05, 0) is 76.2 Å². The highest BCUT2D eigenvalue weighted by Crippen LogP contribution is 2.20. The second kappa shape index (κ2) is 7.93. The lowest BCUT2D eigenvalue weighted by atomic mass is 9.92. The second-order valence-electron chi connectivity index (χ2n) is 6.99. The van der Waals surface area contributed by atoms with Crippen LogP contribution in [0, 0.1) is 19.8 Å². The molecule has 2 atom stereocenters. The molecule has 128 valence electrons. The van der Waals surface area contributed by atoms with Gasteiger partial charge in [-0.2, -0.15) is 0 Å². The van der Waals surface area contributed by atoms with E-state index in [9.17, 15) is 9.90 Å². The molecule has 1 fully saturated rings. The average molecular weight is 318 g/mol. The molecule has 4 heteroatoms. The lowest BCUT2D eigenvalue weighted by Gasteiger charge is -2.33. The van der Waals surface area contributed by atoms with Gasteiger partial charge in [0.05, 0.1) is 18.7 Å². The fraction of sp³-hybridized carbons (Fsp3) is 0.632. The average Bonchev–Trinajstić information content (AvgIpc) is 2.50. The van der Waals surface area contributed by atoms with Crippen LogP contribution >= 0.6 is 0 Å². The second-order valence-corrected chi connectivity index (χ2v) is 6.99. The summed E-state index contributed by atoms with van der Waals surface area (Å²) in [6.07, 6.45) is 1.70. The standard InChI is InChI=1S/C19H30N2O2/c1-13-5-6-18(11-14(13)2)15(3)20-19(23)12-21-9-7-17(8-10-21)16(4)22/h5-6,11,15-17,22H,7-10,12H2,1-4H3,(H,20,23). The van der Waals surface area contributed by atoms with Crippen LogP contribution in [0.1, 0.15) is 49.4 Å². The van der Waals surface area contributed by atoms with Crippen molar-refractivity contribution in [3.63, 3.8) is 0 Å². The Labute approximate surface area is 139 Å². The molecule has 1 aliphatic rings. The van der Waals surface area contributed by atoms with Crippen molar-refractivity contribution < 1.29 is 9.90 Å². The van der Waals surface area contributed by atoms with E-state index in [1.165, 1.54) is 11.1 Å². The summed E-state index contributed by atoms with van der Waals surface area (Å²) in [6.45, 7) is 10.3. The lowest BCUT2D eigenvalue weighted by molar-refractivity contribution is -0.123. The predicted octanol–water partition coefficient (Wildman–Crippen LogP) is 2.57. The number of hydrogen-bond donors (Lipinski definition) is 2. The van der Waals surface area contributed by atoms with Gasteiger partial charge in [0.1, 0.15) is 0 Å². The van der Waals surface area contributed by atoms with Crippen LogP contribution in [0.5, 0.6) is 0 Å². The molecule has 2 rings (SSSR count). The summed E-state index contributed by atoms with van der Waals surface area (Å²) < 4.78 is 0. The van der Waals surface area contributed by atoms with Crippen molar-refractivity contribution in [3.8, 4) is 0 Å². The Morgan fingerprint density at radius 3 is 2.48 bits per heavy atom. The molecule has 1 saturated heterocycles. The number of carbonyl (C=O) groups excluding carboxylic acids is 1. The number of likely N-dealkylation sites (tertiary alicyclic amines) is 1. The summed E-state index contributed by atoms with van der Waals surface area (Å²) >= 11 is 0. The quantitative estimate of drug-likeness (QED) is 0.877. The zero-order valence-electron chi connectivity index (χ0n) is 14.8. The molecular formula is C19H30N2O2. The van der Waals surface area contributed by atoms with Crippen molar-refractivity contribution in [2.45, 2.75) is 52.7 Å². The van der Waals surface area contributed by atoms with Gasteiger partial charge in [-0.15, -0.1) is 0 Å². The largest absolute Gasteiger partial charge is 0.393 e. The van der Waals surface area contributed by atoms with E-state index in [1.54, 1.807) is 0 Å². The lowest BCUT2D eigenvalue weighted by Crippen LogP contribution is -2.43. The number of nitrogens with one attached hydrogen (secondary N) is 1. The van der Waals surface area contributed by atoms with Crippen LogP contribution in [0.3, 0.4) is 0 Å². The summed E-state index contributed by atoms with van der Waals surface area (Å²) in [5.41, 5.74) is 3.67. The van der Waals surface area contributed by atoms with E-state index in [0.29, 0.717) is 12.5 Å². The number of nitrogens with zero attached hydrogens (tertiary/aromatic N) is 1. The molecule has 1 aromatic carbocycles. The first-order valence-electron chi connectivity index (χ1n) is 8.63. The molecule has 2 N–H and O–H groups in total. The fourth-order valence-electron chi connectivity index (χ4n) is 3.20. The van der Waals surface area contributed by atoms with Crippen molar-refractivity contribution in [3.05, 3.63) is 34.9 Å². The molecule has 23 heavy (non-hydrogen) atoms. The fourth-order valence-corrected chi connectivity index (χ4v) is 3.20. The minimum atomic E-state index is -0.240. The zero-order valence-corrected chi connectivity index (χ0v) is 14.8. The molecule has 0 saturated carbocycles. The Bertz CT molecular complexity index is 534. The van der Waals surface area contributed by atoms with Crippen molar-refractivity contribution in [1.29, 1.82) is 0 Å². The highest BCUT2D eigenvalue weighted by Gasteiger charge is 2.24. The molecule has 0 radical (unpaired) electrons. The minimum absolute atomic E-state index is 0.0248. The number of rotatable bonds is 5. The first-order chi connectivity index (χ1) is 10.9. The van der Waals surface area contributed by atoms with Gasteiger partial charge in [-0.25, -0.2) is 0 Å². The monoisotopic (exact) mass is 318 g/mol. The van der Waals surface area contributed by atoms with E-state index in [1.807, 2.05) is 13.8 Å². The summed E-state index contributed by atoms with van der Waals surface area (Å²) in [6, 6.07) is 6.36. The molecule has 1 aromatic rings. The molecule has 1 heterocycles. The Kier molecular flexibility index (Phi) is 6.19. The molecular weight excluding hydrogens is 288 g/mol. The summed E-state index contributed by atoms with van der Waals surface area (Å²) in [7, 11) is 0. The van der Waals surface area contributed by atoms with E-state index < -0.39 is 0 Å². The topological polar surface area (TPSA) is 52.6 Å². The Balaban J connectivity index is 1.81. The van der Waals surface area contributed by atoms with Crippen LogP contribution < -0.4 is 5.32 Å². The van der Waals surface area contributed by atoms with Crippen molar-refractivity contribution >= 4 is 5.91 Å². The van der Waals surface area contributed by atoms with Gasteiger partial charge in [-0.3, -0.25) is 9.69 Å². The smallest absolute Gasteiger partial charge is 0.234 e. The summed E-state index contributed by atoms with van der Waals surface area (Å²) in [5.74, 6) is 0.454. The molecule has 1 aliphatic heterocycles. The van der Waals surface area contributed by atoms with E-state index in [-0.39, 0.29) is 18.1 Å². The number of piperidine rings is 1. The Morgan fingerprint density at radius 1 is 1.26 bits per heavy atom. The van der Waals surface area contributed by atoms with Crippen molar-refractivity contribution in [2.75, 3.05) is 19.6 Å². The van der Waals surface area contributed by atoms with E-state index in [0.717, 1.165) is 31.5 Å². The van der Waals surface area contributed by atoms with Crippen molar-refractivity contribution in [1.82, 2.24) is 10.2 Å². The highest BCUT2D eigenvalue weighted by atomic mass is 16.3. The number of aliphatic hydroxyl groups is 1. The number of hydrogen-bond acceptors (Lipinski definition) is 3. The molecule has 0 aliphatic carbocycles. The van der Waals surface area contributed by atoms with Crippen LogP contribution in [0.4, 0.5) is 0 Å². The molecule has 1 amide bonds. The molecule has 2 unspecified atom stereocenters. The minimum Gasteiger partial charge on any atom is -0.393 e. The van der Waals surface area contributed by atoms with Gasteiger partial charge in [0.2, 0.25) is 5.91 Å². The first kappa shape index (κ1) is 18.0. The number of aliphatic hydroxyl groups excluding tert-OH is 1. The van der Waals surface area contributed by atoms with Crippen LogP contribution in [-0.2, 0) is 4.79 Å². The normalized spacial score (nSPS) is 19.3. The number of aryl methyl sites for hydroxylation is 2. The van der Waals surface area contributed by atoms with Crippen LogP contribution in [0.2, 0.25) is 0 Å². The molecule has 0 spiro atoms. The number of carbonyl (C=O) groups is 1. The van der Waals surface area contributed by atoms with Gasteiger partial charge in [0.15, 0.2) is 0 Å². The third-order valence-corrected chi connectivity index (χ3v) is 5.09. The highest BCUT2D eigenvalue weighted by molar-refractivity contribution is 5.78. The van der Waals surface area contributed by atoms with E-state index in [2.05, 4.69) is 42.3 Å². The Hall–Kier alpha value is -1.39. The van der Waals surface area contributed by atoms with Crippen LogP contribution in [-0.4, -0.2) is 41.7 Å². The van der Waals surface area contributed by atoms with Crippen LogP contribution in [0.15, 0.2) is 18.2 Å². The maximum absolute atomic E-state index is 12.3. The maximum Gasteiger partial charge on any atom is 0.234 e. The third kappa shape index (κ3) is 5.05. The number of benzene rings is 1. The SMILES string of the molecule is Cc1ccc(C(C)NC(=O)CN2CCC(C(C)O)CC2)cc1C. The van der Waals surface area contributed by atoms with Gasteiger partial charge in [0, 0.05) is 0 Å². The maximum atomic E-state index is 12.3. The van der Waals surface area contributed by atoms with Gasteiger partial charge >= 0.3 is 0 Å². The Morgan fingerprint density at radius 2 is 1.91 bits per heavy atom. The van der Waals surface area contributed by atoms with Crippen LogP contribution in [0.25, 0.3) is 0 Å². The zero-order chi connectivity index (χ0) is 17.0. The van der Waals surface area contributed by atoms with Gasteiger partial charge < -0.3 is 10.4 Å². The predicted molar refractivity (Wildman–Crippen MR) is 93.3 cm³/mol. The van der Waals surface area contributed by atoms with E-state index >= 15 is 0 Å². The third-order valence-electron chi connectivity index (χ3n) is 5.09. The molecule has 0 aromatic heterocycles. The van der Waals surface area contributed by atoms with Gasteiger partial charge in [-0.1, -0.05) is 18.2 Å².